The van der Waals surface area contributed by atoms with E-state index in [0.717, 1.165) is 25.0 Å². The fraction of sp³-hybridized carbons (Fsp3) is 0. The molecule has 0 radical (unpaired) electrons. The molecule has 0 atom stereocenters. The van der Waals surface area contributed by atoms with Gasteiger partial charge in [0.1, 0.15) is 0 Å². The van der Waals surface area contributed by atoms with Crippen molar-refractivity contribution in [3.05, 3.63) is 34.7 Å². The van der Waals surface area contributed by atoms with Crippen LogP contribution in [-0.2, 0) is 0 Å². The molecule has 19 heavy (non-hydrogen) atoms. The molecule has 2 heterocycles. The Hall–Kier alpha value is -1.15. The van der Waals surface area contributed by atoms with Gasteiger partial charge in [-0.25, -0.2) is 4.98 Å². The molecule has 0 aliphatic rings. The molecule has 1 aromatic carbocycles. The predicted molar refractivity (Wildman–Crippen MR) is 81.0 cm³/mol. The lowest BCUT2D eigenvalue weighted by molar-refractivity contribution is 1.02. The molecule has 0 bridgehead atoms. The summed E-state index contributed by atoms with van der Waals surface area (Å²) in [6, 6.07) is 7.62. The molecule has 0 aliphatic carbocycles. The number of aromatic nitrogens is 3. The van der Waals surface area contributed by atoms with Crippen LogP contribution in [0.3, 0.4) is 0 Å². The number of nitrogens with two attached hydrogens (primary N) is 1. The zero-order chi connectivity index (χ0) is 13.2. The van der Waals surface area contributed by atoms with Crippen molar-refractivity contribution >= 4 is 51.2 Å². The number of nitrogen functional groups attached to an aromatic ring is 1. The lowest BCUT2D eigenvalue weighted by atomic mass is 10.2. The van der Waals surface area contributed by atoms with Crippen molar-refractivity contribution in [3.8, 4) is 11.3 Å². The molecule has 0 saturated heterocycles. The van der Waals surface area contributed by atoms with Crippen LogP contribution >= 0.6 is 46.0 Å². The summed E-state index contributed by atoms with van der Waals surface area (Å²) in [5.74, 6) is 0. The SMILES string of the molecule is Nc1nnc(Sc2nc(-c3ccc(Cl)cc3)cs2)s1. The fourth-order valence-electron chi connectivity index (χ4n) is 1.39. The molecule has 3 aromatic rings. The Morgan fingerprint density at radius 1 is 1.11 bits per heavy atom. The number of rotatable bonds is 3. The maximum absolute atomic E-state index is 5.87. The first-order chi connectivity index (χ1) is 9.20. The monoisotopic (exact) mass is 326 g/mol. The summed E-state index contributed by atoms with van der Waals surface area (Å²) in [7, 11) is 0. The highest BCUT2D eigenvalue weighted by molar-refractivity contribution is 8.02. The summed E-state index contributed by atoms with van der Waals surface area (Å²) in [6.45, 7) is 0. The van der Waals surface area contributed by atoms with E-state index < -0.39 is 0 Å². The molecule has 4 nitrogen and oxygen atoms in total. The Kier molecular flexibility index (Phi) is 3.69. The first-order valence-corrected chi connectivity index (χ1v) is 8.08. The number of thiazole rings is 1. The summed E-state index contributed by atoms with van der Waals surface area (Å²) in [5, 5.41) is 10.9. The number of hydrogen-bond donors (Lipinski definition) is 1. The van der Waals surface area contributed by atoms with Crippen LogP contribution < -0.4 is 5.73 Å². The van der Waals surface area contributed by atoms with E-state index in [1.54, 1.807) is 11.3 Å². The van der Waals surface area contributed by atoms with Gasteiger partial charge in [0.15, 0.2) is 8.68 Å². The van der Waals surface area contributed by atoms with E-state index >= 15 is 0 Å². The van der Waals surface area contributed by atoms with Crippen LogP contribution in [0, 0.1) is 0 Å². The summed E-state index contributed by atoms with van der Waals surface area (Å²) >= 11 is 10.3. The van der Waals surface area contributed by atoms with Crippen molar-refractivity contribution in [2.45, 2.75) is 8.68 Å². The Labute approximate surface area is 126 Å². The van der Waals surface area contributed by atoms with Crippen LogP contribution in [0.25, 0.3) is 11.3 Å². The fourth-order valence-corrected chi connectivity index (χ4v) is 4.18. The highest BCUT2D eigenvalue weighted by Gasteiger charge is 2.09. The predicted octanol–water partition coefficient (Wildman–Crippen LogP) is 4.05. The first-order valence-electron chi connectivity index (χ1n) is 5.19. The van der Waals surface area contributed by atoms with E-state index in [4.69, 9.17) is 17.3 Å². The molecule has 0 unspecified atom stereocenters. The van der Waals surface area contributed by atoms with Crippen molar-refractivity contribution < 1.29 is 0 Å². The molecule has 96 valence electrons. The summed E-state index contributed by atoms with van der Waals surface area (Å²) in [4.78, 5) is 4.55. The summed E-state index contributed by atoms with van der Waals surface area (Å²) in [6.07, 6.45) is 0. The molecule has 3 rings (SSSR count). The van der Waals surface area contributed by atoms with Gasteiger partial charge in [-0.3, -0.25) is 0 Å². The van der Waals surface area contributed by atoms with Crippen LogP contribution in [-0.4, -0.2) is 15.2 Å². The van der Waals surface area contributed by atoms with Gasteiger partial charge in [-0.2, -0.15) is 0 Å². The van der Waals surface area contributed by atoms with Gasteiger partial charge in [0.25, 0.3) is 0 Å². The quantitative estimate of drug-likeness (QED) is 0.786. The topological polar surface area (TPSA) is 64.7 Å². The third-order valence-electron chi connectivity index (χ3n) is 2.22. The van der Waals surface area contributed by atoms with Gasteiger partial charge in [-0.15, -0.1) is 21.5 Å². The Morgan fingerprint density at radius 3 is 2.58 bits per heavy atom. The molecule has 2 aromatic heterocycles. The second-order valence-electron chi connectivity index (χ2n) is 3.51. The Balaban J connectivity index is 1.81. The number of nitrogens with zero attached hydrogens (tertiary/aromatic N) is 3. The molecular formula is C11H7ClN4S3. The second kappa shape index (κ2) is 5.46. The number of hydrogen-bond acceptors (Lipinski definition) is 7. The average molecular weight is 327 g/mol. The molecule has 2 N–H and O–H groups in total. The van der Waals surface area contributed by atoms with Gasteiger partial charge in [-0.05, 0) is 23.9 Å². The normalized spacial score (nSPS) is 10.8. The van der Waals surface area contributed by atoms with Crippen LogP contribution in [0.2, 0.25) is 5.02 Å². The minimum absolute atomic E-state index is 0.469. The molecular weight excluding hydrogens is 320 g/mol. The Morgan fingerprint density at radius 2 is 1.89 bits per heavy atom. The van der Waals surface area contributed by atoms with Gasteiger partial charge in [0, 0.05) is 16.0 Å². The highest BCUT2D eigenvalue weighted by Crippen LogP contribution is 2.35. The standard InChI is InChI=1S/C11H7ClN4S3/c12-7-3-1-6(2-4-7)8-5-17-10(14-8)19-11-16-15-9(13)18-11/h1-5H,(H2,13,15). The maximum atomic E-state index is 5.87. The lowest BCUT2D eigenvalue weighted by Gasteiger charge is -1.95. The Bertz CT molecular complexity index is 692. The van der Waals surface area contributed by atoms with Gasteiger partial charge in [-0.1, -0.05) is 35.1 Å². The zero-order valence-corrected chi connectivity index (χ0v) is 12.6. The molecule has 0 amide bonds. The minimum Gasteiger partial charge on any atom is -0.374 e. The third kappa shape index (κ3) is 3.06. The second-order valence-corrected chi connectivity index (χ2v) is 7.31. The van der Waals surface area contributed by atoms with Crippen LogP contribution in [0.4, 0.5) is 5.13 Å². The smallest absolute Gasteiger partial charge is 0.203 e. The molecule has 0 saturated carbocycles. The summed E-state index contributed by atoms with van der Waals surface area (Å²) in [5.41, 5.74) is 7.52. The average Bonchev–Trinajstić information content (AvgIpc) is 3.00. The maximum Gasteiger partial charge on any atom is 0.203 e. The van der Waals surface area contributed by atoms with E-state index in [9.17, 15) is 0 Å². The van der Waals surface area contributed by atoms with Gasteiger partial charge in [0.2, 0.25) is 5.13 Å². The van der Waals surface area contributed by atoms with E-state index in [2.05, 4.69) is 15.2 Å². The molecule has 0 fully saturated rings. The van der Waals surface area contributed by atoms with Gasteiger partial charge >= 0.3 is 0 Å². The van der Waals surface area contributed by atoms with E-state index in [1.165, 1.54) is 23.1 Å². The van der Waals surface area contributed by atoms with Gasteiger partial charge < -0.3 is 5.73 Å². The van der Waals surface area contributed by atoms with Crippen molar-refractivity contribution in [1.82, 2.24) is 15.2 Å². The number of halogens is 1. The van der Waals surface area contributed by atoms with Crippen LogP contribution in [0.5, 0.6) is 0 Å². The van der Waals surface area contributed by atoms with E-state index in [1.807, 2.05) is 29.6 Å². The van der Waals surface area contributed by atoms with E-state index in [-0.39, 0.29) is 0 Å². The zero-order valence-electron chi connectivity index (χ0n) is 9.41. The lowest BCUT2D eigenvalue weighted by Crippen LogP contribution is -1.79. The number of anilines is 1. The van der Waals surface area contributed by atoms with Gasteiger partial charge in [0.05, 0.1) is 5.69 Å². The van der Waals surface area contributed by atoms with Crippen molar-refractivity contribution in [2.24, 2.45) is 0 Å². The third-order valence-corrected chi connectivity index (χ3v) is 5.21. The molecule has 0 spiro atoms. The summed E-state index contributed by atoms with van der Waals surface area (Å²) < 4.78 is 1.72. The largest absolute Gasteiger partial charge is 0.374 e. The highest BCUT2D eigenvalue weighted by atomic mass is 35.5. The molecule has 8 heteroatoms. The molecule has 0 aliphatic heterocycles. The number of benzene rings is 1. The van der Waals surface area contributed by atoms with Crippen molar-refractivity contribution in [3.63, 3.8) is 0 Å². The van der Waals surface area contributed by atoms with E-state index in [0.29, 0.717) is 5.13 Å². The van der Waals surface area contributed by atoms with Crippen molar-refractivity contribution in [2.75, 3.05) is 5.73 Å². The first kappa shape index (κ1) is 12.9. The van der Waals surface area contributed by atoms with Crippen LogP contribution in [0.15, 0.2) is 38.3 Å². The van der Waals surface area contributed by atoms with Crippen LogP contribution in [0.1, 0.15) is 0 Å². The van der Waals surface area contributed by atoms with Crippen molar-refractivity contribution in [1.29, 1.82) is 0 Å². The minimum atomic E-state index is 0.469.